The number of hydrogen-bond donors (Lipinski definition) is 2. The fourth-order valence-corrected chi connectivity index (χ4v) is 5.00. The molecule has 5 rings (SSSR count). The topological polar surface area (TPSA) is 70.4 Å². The van der Waals surface area contributed by atoms with Crippen LogP contribution in [0.15, 0.2) is 89.5 Å². The average Bonchev–Trinajstić information content (AvgIpc) is 3.50. The molecule has 1 amide bonds. The summed E-state index contributed by atoms with van der Waals surface area (Å²) in [7, 11) is 0. The van der Waals surface area contributed by atoms with Gasteiger partial charge in [0.25, 0.3) is 0 Å². The average molecular weight is 537 g/mol. The van der Waals surface area contributed by atoms with E-state index in [1.807, 2.05) is 77.7 Å². The quantitative estimate of drug-likeness (QED) is 0.257. The predicted molar refractivity (Wildman–Crippen MR) is 146 cm³/mol. The van der Waals surface area contributed by atoms with Crippen LogP contribution in [0.3, 0.4) is 0 Å². The number of nitrogens with zero attached hydrogens (tertiary/aromatic N) is 2. The minimum Gasteiger partial charge on any atom is -0.459 e. The summed E-state index contributed by atoms with van der Waals surface area (Å²) < 4.78 is 6.31. The number of nitrogens with one attached hydrogen (secondary N) is 2. The summed E-state index contributed by atoms with van der Waals surface area (Å²) in [6, 6.07) is 23.7. The maximum Gasteiger partial charge on any atom is 0.226 e. The van der Waals surface area contributed by atoms with Gasteiger partial charge in [-0.25, -0.2) is 0 Å². The number of carbonyl (C=O) groups excluding carboxylic acids is 1. The van der Waals surface area contributed by atoms with Crippen molar-refractivity contribution >= 4 is 52.1 Å². The van der Waals surface area contributed by atoms with Crippen LogP contribution in [0.2, 0.25) is 10.0 Å². The van der Waals surface area contributed by atoms with Crippen molar-refractivity contribution in [1.29, 1.82) is 0 Å². The van der Waals surface area contributed by atoms with Crippen molar-refractivity contribution in [3.63, 3.8) is 0 Å². The van der Waals surface area contributed by atoms with Gasteiger partial charge in [0.2, 0.25) is 5.91 Å². The normalized spacial score (nSPS) is 17.2. The SMILES string of the molecule is O=C(CCN1C(=S)N[C@@H](c2ccccn2)[C@H]1c1ccc(-c2cccc(Cl)c2Cl)o1)Nc1ccccc1. The number of thiocarbonyl (C=S) groups is 1. The van der Waals surface area contributed by atoms with Crippen LogP contribution in [0.4, 0.5) is 5.69 Å². The van der Waals surface area contributed by atoms with Crippen molar-refractivity contribution in [2.24, 2.45) is 0 Å². The Hall–Kier alpha value is -3.39. The second kappa shape index (κ2) is 10.7. The molecule has 0 unspecified atom stereocenters. The molecule has 1 aliphatic rings. The fraction of sp³-hybridized carbons (Fsp3) is 0.148. The zero-order valence-corrected chi connectivity index (χ0v) is 21.4. The van der Waals surface area contributed by atoms with Crippen molar-refractivity contribution in [2.45, 2.75) is 18.5 Å². The number of benzene rings is 2. The van der Waals surface area contributed by atoms with Gasteiger partial charge in [0.15, 0.2) is 5.11 Å². The first-order valence-corrected chi connectivity index (χ1v) is 12.5. The number of amides is 1. The lowest BCUT2D eigenvalue weighted by Gasteiger charge is -2.25. The van der Waals surface area contributed by atoms with Crippen LogP contribution in [-0.2, 0) is 4.79 Å². The van der Waals surface area contributed by atoms with Crippen molar-refractivity contribution in [1.82, 2.24) is 15.2 Å². The van der Waals surface area contributed by atoms with Crippen LogP contribution < -0.4 is 10.6 Å². The Morgan fingerprint density at radius 1 is 1.03 bits per heavy atom. The largest absolute Gasteiger partial charge is 0.459 e. The van der Waals surface area contributed by atoms with Crippen LogP contribution in [-0.4, -0.2) is 27.4 Å². The van der Waals surface area contributed by atoms with Crippen molar-refractivity contribution < 1.29 is 9.21 Å². The van der Waals surface area contributed by atoms with Crippen LogP contribution in [0, 0.1) is 0 Å². The lowest BCUT2D eigenvalue weighted by molar-refractivity contribution is -0.116. The van der Waals surface area contributed by atoms with E-state index in [1.54, 1.807) is 12.3 Å². The standard InChI is InChI=1S/C27H22Cl2N4O2S/c28-19-10-6-9-18(24(19)29)21-12-13-22(35-21)26-25(20-11-4-5-15-30-20)32-27(36)33(26)16-14-23(34)31-17-7-2-1-3-8-17/h1-13,15,25-26H,14,16H2,(H,31,34)(H,32,36)/t25-,26+/m0/s1. The third kappa shape index (κ3) is 5.09. The summed E-state index contributed by atoms with van der Waals surface area (Å²) in [5, 5.41) is 7.70. The molecule has 2 N–H and O–H groups in total. The van der Waals surface area contributed by atoms with Gasteiger partial charge in [-0.1, -0.05) is 53.5 Å². The molecule has 182 valence electrons. The van der Waals surface area contributed by atoms with Gasteiger partial charge < -0.3 is 20.0 Å². The number of hydrogen-bond acceptors (Lipinski definition) is 4. The Morgan fingerprint density at radius 2 is 1.83 bits per heavy atom. The van der Waals surface area contributed by atoms with Gasteiger partial charge in [-0.05, 0) is 60.7 Å². The van der Waals surface area contributed by atoms with Crippen LogP contribution in [0.25, 0.3) is 11.3 Å². The second-order valence-electron chi connectivity index (χ2n) is 8.29. The lowest BCUT2D eigenvalue weighted by atomic mass is 10.0. The van der Waals surface area contributed by atoms with Gasteiger partial charge in [-0.2, -0.15) is 0 Å². The maximum absolute atomic E-state index is 12.7. The highest BCUT2D eigenvalue weighted by molar-refractivity contribution is 7.80. The Kier molecular flexibility index (Phi) is 7.23. The van der Waals surface area contributed by atoms with Gasteiger partial charge in [0.05, 0.1) is 21.8 Å². The second-order valence-corrected chi connectivity index (χ2v) is 9.46. The van der Waals surface area contributed by atoms with Gasteiger partial charge in [0.1, 0.15) is 17.6 Å². The Bertz CT molecular complexity index is 1380. The van der Waals surface area contributed by atoms with Crippen LogP contribution >= 0.6 is 35.4 Å². The summed E-state index contributed by atoms with van der Waals surface area (Å²) in [5.41, 5.74) is 2.27. The van der Waals surface area contributed by atoms with Gasteiger partial charge in [-0.15, -0.1) is 0 Å². The highest BCUT2D eigenvalue weighted by Crippen LogP contribution is 2.42. The Morgan fingerprint density at radius 3 is 2.61 bits per heavy atom. The number of furan rings is 1. The van der Waals surface area contributed by atoms with E-state index in [2.05, 4.69) is 15.6 Å². The molecule has 1 saturated heterocycles. The molecule has 1 fully saturated rings. The molecule has 9 heteroatoms. The smallest absolute Gasteiger partial charge is 0.226 e. The highest BCUT2D eigenvalue weighted by Gasteiger charge is 2.41. The fourth-order valence-electron chi connectivity index (χ4n) is 4.27. The van der Waals surface area contributed by atoms with Crippen molar-refractivity contribution in [3.05, 3.63) is 107 Å². The van der Waals surface area contributed by atoms with Crippen molar-refractivity contribution in [3.8, 4) is 11.3 Å². The minimum atomic E-state index is -0.316. The molecule has 1 aliphatic heterocycles. The molecule has 4 aromatic rings. The number of rotatable bonds is 7. The molecule has 36 heavy (non-hydrogen) atoms. The molecule has 6 nitrogen and oxygen atoms in total. The third-order valence-corrected chi connectivity index (χ3v) is 7.14. The molecule has 2 atom stereocenters. The van der Waals surface area contributed by atoms with E-state index in [4.69, 9.17) is 39.8 Å². The van der Waals surface area contributed by atoms with Gasteiger partial charge >= 0.3 is 0 Å². The molecule has 0 aliphatic carbocycles. The molecule has 0 bridgehead atoms. The first-order valence-electron chi connectivity index (χ1n) is 11.4. The molecular formula is C27H22Cl2N4O2S. The lowest BCUT2D eigenvalue weighted by Crippen LogP contribution is -2.32. The zero-order valence-electron chi connectivity index (χ0n) is 19.0. The number of halogens is 2. The maximum atomic E-state index is 12.7. The highest BCUT2D eigenvalue weighted by atomic mass is 35.5. The van der Waals surface area contributed by atoms with Gasteiger partial charge in [-0.3, -0.25) is 9.78 Å². The van der Waals surface area contributed by atoms with E-state index >= 15 is 0 Å². The summed E-state index contributed by atoms with van der Waals surface area (Å²) in [6.07, 6.45) is 1.99. The molecule has 2 aromatic carbocycles. The monoisotopic (exact) mass is 536 g/mol. The van der Waals surface area contributed by atoms with Crippen LogP contribution in [0.5, 0.6) is 0 Å². The van der Waals surface area contributed by atoms with E-state index in [1.165, 1.54) is 0 Å². The molecule has 0 radical (unpaired) electrons. The van der Waals surface area contributed by atoms with E-state index in [0.717, 1.165) is 11.4 Å². The number of para-hydroxylation sites is 1. The third-order valence-electron chi connectivity index (χ3n) is 5.97. The molecule has 3 heterocycles. The zero-order chi connectivity index (χ0) is 25.1. The molecular weight excluding hydrogens is 515 g/mol. The number of carbonyl (C=O) groups is 1. The number of pyridine rings is 1. The molecule has 0 saturated carbocycles. The molecule has 2 aromatic heterocycles. The number of anilines is 1. The van der Waals surface area contributed by atoms with E-state index < -0.39 is 0 Å². The Balaban J connectivity index is 1.42. The first kappa shape index (κ1) is 24.3. The molecule has 0 spiro atoms. The van der Waals surface area contributed by atoms with Gasteiger partial charge in [0, 0.05) is 30.4 Å². The van der Waals surface area contributed by atoms with E-state index in [-0.39, 0.29) is 24.4 Å². The summed E-state index contributed by atoms with van der Waals surface area (Å²) in [4.78, 5) is 19.2. The Labute approximate surface area is 224 Å². The van der Waals surface area contributed by atoms with Crippen LogP contribution in [0.1, 0.15) is 30.0 Å². The summed E-state index contributed by atoms with van der Waals surface area (Å²) in [5.74, 6) is 1.17. The van der Waals surface area contributed by atoms with E-state index in [0.29, 0.717) is 38.8 Å². The van der Waals surface area contributed by atoms with E-state index in [9.17, 15) is 4.79 Å². The summed E-state index contributed by atoms with van der Waals surface area (Å²) in [6.45, 7) is 0.395. The minimum absolute atomic E-state index is 0.102. The van der Waals surface area contributed by atoms with Crippen molar-refractivity contribution in [2.75, 3.05) is 11.9 Å². The predicted octanol–water partition coefficient (Wildman–Crippen LogP) is 6.65. The summed E-state index contributed by atoms with van der Waals surface area (Å²) >= 11 is 18.3. The first-order chi connectivity index (χ1) is 17.5. The number of aromatic nitrogens is 1.